The fourth-order valence-corrected chi connectivity index (χ4v) is 2.17. The summed E-state index contributed by atoms with van der Waals surface area (Å²) in [7, 11) is 0. The number of aliphatic hydroxyl groups excluding tert-OH is 1. The molecule has 0 atom stereocenters. The van der Waals surface area contributed by atoms with E-state index in [0.29, 0.717) is 16.2 Å². The predicted molar refractivity (Wildman–Crippen MR) is 74.2 cm³/mol. The van der Waals surface area contributed by atoms with E-state index in [2.05, 4.69) is 15.5 Å². The van der Waals surface area contributed by atoms with Gasteiger partial charge in [-0.2, -0.15) is 4.52 Å². The molecule has 0 aliphatic carbocycles. The van der Waals surface area contributed by atoms with E-state index in [0.717, 1.165) is 16.5 Å². The van der Waals surface area contributed by atoms with E-state index in [1.165, 1.54) is 0 Å². The first kappa shape index (κ1) is 11.9. The average molecular weight is 275 g/mol. The van der Waals surface area contributed by atoms with Crippen molar-refractivity contribution in [1.82, 2.24) is 20.0 Å². The molecular weight excluding hydrogens is 264 g/mol. The predicted octanol–water partition coefficient (Wildman–Crippen LogP) is 3.24. The summed E-state index contributed by atoms with van der Waals surface area (Å²) in [4.78, 5) is 0. The van der Waals surface area contributed by atoms with Crippen molar-refractivity contribution in [3.63, 3.8) is 0 Å². The van der Waals surface area contributed by atoms with Crippen LogP contribution in [-0.2, 0) is 0 Å². The quantitative estimate of drug-likeness (QED) is 0.692. The maximum atomic E-state index is 10.2. The Morgan fingerprint density at radius 2 is 2.05 bits per heavy atom. The largest absolute Gasteiger partial charge is 0.507 e. The standard InChI is InChI=1S/C13H11ClN4O/c1-7(2)12(19)10-5-8-3-4-9(14)6-11(8)18-13(10)15-16-17-18/h3-6,19H,1-2H3. The number of tetrazole rings is 1. The van der Waals surface area contributed by atoms with Crippen molar-refractivity contribution in [1.29, 1.82) is 0 Å². The Balaban J connectivity index is 2.49. The second-order valence-corrected chi connectivity index (χ2v) is 4.96. The number of allylic oxidation sites excluding steroid dienone is 1. The molecule has 1 aromatic carbocycles. The molecule has 5 nitrogen and oxygen atoms in total. The first-order valence-electron chi connectivity index (χ1n) is 5.75. The Bertz CT molecular complexity index is 818. The van der Waals surface area contributed by atoms with Crippen LogP contribution in [0.5, 0.6) is 0 Å². The van der Waals surface area contributed by atoms with Crippen LogP contribution in [0.15, 0.2) is 29.8 Å². The van der Waals surface area contributed by atoms with Gasteiger partial charge in [0.15, 0.2) is 5.65 Å². The number of benzene rings is 1. The van der Waals surface area contributed by atoms with E-state index in [4.69, 9.17) is 11.6 Å². The molecule has 19 heavy (non-hydrogen) atoms. The Morgan fingerprint density at radius 1 is 1.26 bits per heavy atom. The lowest BCUT2D eigenvalue weighted by Gasteiger charge is -2.07. The molecule has 0 bridgehead atoms. The lowest BCUT2D eigenvalue weighted by atomic mass is 10.1. The van der Waals surface area contributed by atoms with Gasteiger partial charge in [0.2, 0.25) is 0 Å². The van der Waals surface area contributed by atoms with Gasteiger partial charge in [-0.05, 0) is 48.0 Å². The van der Waals surface area contributed by atoms with Crippen LogP contribution in [0, 0.1) is 0 Å². The molecule has 0 unspecified atom stereocenters. The van der Waals surface area contributed by atoms with Crippen molar-refractivity contribution < 1.29 is 5.11 Å². The monoisotopic (exact) mass is 274 g/mol. The number of aliphatic hydroxyl groups is 1. The normalized spacial score (nSPS) is 11.1. The number of hydrogen-bond donors (Lipinski definition) is 1. The van der Waals surface area contributed by atoms with Crippen molar-refractivity contribution in [2.75, 3.05) is 0 Å². The third-order valence-electron chi connectivity index (χ3n) is 2.96. The van der Waals surface area contributed by atoms with E-state index >= 15 is 0 Å². The van der Waals surface area contributed by atoms with Gasteiger partial charge in [-0.15, -0.1) is 5.10 Å². The van der Waals surface area contributed by atoms with Crippen molar-refractivity contribution in [2.45, 2.75) is 13.8 Å². The van der Waals surface area contributed by atoms with Gasteiger partial charge < -0.3 is 5.11 Å². The van der Waals surface area contributed by atoms with Crippen LogP contribution in [0.2, 0.25) is 5.02 Å². The first-order chi connectivity index (χ1) is 9.08. The number of aromatic nitrogens is 4. The number of fused-ring (bicyclic) bond motifs is 3. The van der Waals surface area contributed by atoms with E-state index in [9.17, 15) is 5.11 Å². The van der Waals surface area contributed by atoms with E-state index in [1.807, 2.05) is 26.0 Å². The molecule has 3 rings (SSSR count). The topological polar surface area (TPSA) is 63.3 Å². The molecule has 1 N–H and O–H groups in total. The number of pyridine rings is 1. The summed E-state index contributed by atoms with van der Waals surface area (Å²) in [5.41, 5.74) is 2.73. The summed E-state index contributed by atoms with van der Waals surface area (Å²) in [6, 6.07) is 7.33. The Kier molecular flexibility index (Phi) is 2.64. The molecule has 0 spiro atoms. The second-order valence-electron chi connectivity index (χ2n) is 4.52. The highest BCUT2D eigenvalue weighted by atomic mass is 35.5. The summed E-state index contributed by atoms with van der Waals surface area (Å²) in [6.07, 6.45) is 0. The molecule has 0 fully saturated rings. The maximum absolute atomic E-state index is 10.2. The van der Waals surface area contributed by atoms with Crippen LogP contribution in [0.1, 0.15) is 19.4 Å². The zero-order chi connectivity index (χ0) is 13.6. The molecule has 0 saturated carbocycles. The highest BCUT2D eigenvalue weighted by molar-refractivity contribution is 6.31. The van der Waals surface area contributed by atoms with Crippen LogP contribution in [0.3, 0.4) is 0 Å². The first-order valence-corrected chi connectivity index (χ1v) is 6.13. The number of rotatable bonds is 1. The average Bonchev–Trinajstić information content (AvgIpc) is 2.86. The zero-order valence-corrected chi connectivity index (χ0v) is 11.2. The fourth-order valence-electron chi connectivity index (χ4n) is 2.00. The minimum Gasteiger partial charge on any atom is -0.507 e. The summed E-state index contributed by atoms with van der Waals surface area (Å²) in [6.45, 7) is 3.67. The number of halogens is 1. The molecule has 0 radical (unpaired) electrons. The van der Waals surface area contributed by atoms with Crippen molar-refractivity contribution in [3.8, 4) is 0 Å². The van der Waals surface area contributed by atoms with Crippen molar-refractivity contribution in [3.05, 3.63) is 40.4 Å². The molecule has 0 aliphatic rings. The molecule has 3 aromatic rings. The van der Waals surface area contributed by atoms with Crippen molar-refractivity contribution >= 4 is 33.9 Å². The van der Waals surface area contributed by atoms with Gasteiger partial charge in [0.1, 0.15) is 5.76 Å². The molecule has 0 amide bonds. The molecule has 0 saturated heterocycles. The van der Waals surface area contributed by atoms with Gasteiger partial charge in [-0.1, -0.05) is 17.7 Å². The van der Waals surface area contributed by atoms with Gasteiger partial charge in [-0.3, -0.25) is 0 Å². The summed E-state index contributed by atoms with van der Waals surface area (Å²) < 4.78 is 1.58. The van der Waals surface area contributed by atoms with Crippen LogP contribution in [0.4, 0.5) is 0 Å². The highest BCUT2D eigenvalue weighted by Gasteiger charge is 2.13. The Morgan fingerprint density at radius 3 is 2.79 bits per heavy atom. The van der Waals surface area contributed by atoms with Crippen molar-refractivity contribution in [2.24, 2.45) is 0 Å². The van der Waals surface area contributed by atoms with E-state index < -0.39 is 0 Å². The Labute approximate surface area is 114 Å². The number of hydrogen-bond acceptors (Lipinski definition) is 4. The minimum atomic E-state index is 0.191. The minimum absolute atomic E-state index is 0.191. The van der Waals surface area contributed by atoms with Crippen LogP contribution < -0.4 is 0 Å². The van der Waals surface area contributed by atoms with Crippen LogP contribution >= 0.6 is 11.6 Å². The Hall–Kier alpha value is -2.14. The number of nitrogens with zero attached hydrogens (tertiary/aromatic N) is 4. The molecule has 0 aliphatic heterocycles. The molecule has 96 valence electrons. The van der Waals surface area contributed by atoms with E-state index in [-0.39, 0.29) is 5.76 Å². The van der Waals surface area contributed by atoms with Gasteiger partial charge in [0.25, 0.3) is 0 Å². The van der Waals surface area contributed by atoms with Gasteiger partial charge in [-0.25, -0.2) is 0 Å². The zero-order valence-electron chi connectivity index (χ0n) is 10.4. The van der Waals surface area contributed by atoms with Crippen LogP contribution in [-0.4, -0.2) is 25.1 Å². The molecule has 2 aromatic heterocycles. The van der Waals surface area contributed by atoms with Gasteiger partial charge >= 0.3 is 0 Å². The third-order valence-corrected chi connectivity index (χ3v) is 3.19. The SMILES string of the molecule is CC(C)=C(O)c1cc2ccc(Cl)cc2n2nnnc12. The molecule has 6 heteroatoms. The highest BCUT2D eigenvalue weighted by Crippen LogP contribution is 2.26. The summed E-state index contributed by atoms with van der Waals surface area (Å²) in [5, 5.41) is 23.3. The fraction of sp³-hybridized carbons (Fsp3) is 0.154. The van der Waals surface area contributed by atoms with Gasteiger partial charge in [0, 0.05) is 10.4 Å². The summed E-state index contributed by atoms with van der Waals surface area (Å²) >= 11 is 6.00. The third kappa shape index (κ3) is 1.82. The van der Waals surface area contributed by atoms with Crippen LogP contribution in [0.25, 0.3) is 22.3 Å². The smallest absolute Gasteiger partial charge is 0.190 e. The maximum Gasteiger partial charge on any atom is 0.190 e. The summed E-state index contributed by atoms with van der Waals surface area (Å²) in [5.74, 6) is 0.191. The second kappa shape index (κ2) is 4.20. The lowest BCUT2D eigenvalue weighted by Crippen LogP contribution is -1.97. The van der Waals surface area contributed by atoms with E-state index in [1.54, 1.807) is 16.6 Å². The lowest BCUT2D eigenvalue weighted by molar-refractivity contribution is 0.507. The molecular formula is C13H11ClN4O. The van der Waals surface area contributed by atoms with Gasteiger partial charge in [0.05, 0.1) is 11.1 Å². The molecule has 2 heterocycles.